The van der Waals surface area contributed by atoms with Crippen LogP contribution in [0.4, 0.5) is 0 Å². The second kappa shape index (κ2) is 9.57. The molecule has 1 aromatic rings. The predicted molar refractivity (Wildman–Crippen MR) is 97.4 cm³/mol. The Morgan fingerprint density at radius 1 is 1.33 bits per heavy atom. The molecule has 1 fully saturated rings. The number of nitrogens with zero attached hydrogens (tertiary/aromatic N) is 1. The van der Waals surface area contributed by atoms with E-state index in [1.807, 2.05) is 35.4 Å². The fourth-order valence-electron chi connectivity index (χ4n) is 2.92. The highest BCUT2D eigenvalue weighted by atomic mass is 32.2. The van der Waals surface area contributed by atoms with Gasteiger partial charge in [0.15, 0.2) is 0 Å². The summed E-state index contributed by atoms with van der Waals surface area (Å²) in [6.45, 7) is 2.23. The number of nitrogens with one attached hydrogen (secondary N) is 1. The van der Waals surface area contributed by atoms with E-state index in [1.54, 1.807) is 18.9 Å². The van der Waals surface area contributed by atoms with E-state index in [-0.39, 0.29) is 11.8 Å². The van der Waals surface area contributed by atoms with Gasteiger partial charge in [-0.2, -0.15) is 11.8 Å². The van der Waals surface area contributed by atoms with Crippen LogP contribution in [0, 0.1) is 5.92 Å². The fraction of sp³-hybridized carbons (Fsp3) is 0.556. The number of ether oxygens (including phenoxy) is 1. The van der Waals surface area contributed by atoms with Gasteiger partial charge in [0.05, 0.1) is 19.3 Å². The van der Waals surface area contributed by atoms with Crippen LogP contribution in [0.3, 0.4) is 0 Å². The van der Waals surface area contributed by atoms with Gasteiger partial charge in [0.25, 0.3) is 0 Å². The van der Waals surface area contributed by atoms with Crippen molar-refractivity contribution < 1.29 is 14.3 Å². The largest absolute Gasteiger partial charge is 0.497 e. The Morgan fingerprint density at radius 3 is 2.75 bits per heavy atom. The van der Waals surface area contributed by atoms with E-state index >= 15 is 0 Å². The summed E-state index contributed by atoms with van der Waals surface area (Å²) < 4.78 is 5.11. The van der Waals surface area contributed by atoms with Gasteiger partial charge in [-0.1, -0.05) is 12.1 Å². The van der Waals surface area contributed by atoms with E-state index in [4.69, 9.17) is 4.74 Å². The van der Waals surface area contributed by atoms with Gasteiger partial charge in [0.1, 0.15) is 5.75 Å². The number of carbonyl (C=O) groups excluding carboxylic acids is 2. The maximum atomic E-state index is 12.1. The number of amides is 2. The van der Waals surface area contributed by atoms with Gasteiger partial charge < -0.3 is 15.0 Å². The van der Waals surface area contributed by atoms with Crippen LogP contribution in [0.25, 0.3) is 0 Å². The Bertz CT molecular complexity index is 548. The molecule has 2 amide bonds. The normalized spacial score (nSPS) is 17.4. The maximum Gasteiger partial charge on any atom is 0.232 e. The van der Waals surface area contributed by atoms with Crippen LogP contribution < -0.4 is 10.1 Å². The first-order valence-electron chi connectivity index (χ1n) is 8.28. The molecule has 1 atom stereocenters. The van der Waals surface area contributed by atoms with E-state index in [2.05, 4.69) is 5.32 Å². The predicted octanol–water partition coefficient (Wildman–Crippen LogP) is 1.96. The van der Waals surface area contributed by atoms with E-state index in [9.17, 15) is 9.59 Å². The van der Waals surface area contributed by atoms with Crippen molar-refractivity contribution in [2.75, 3.05) is 38.8 Å². The lowest BCUT2D eigenvalue weighted by Crippen LogP contribution is -2.44. The van der Waals surface area contributed by atoms with Crippen LogP contribution in [-0.4, -0.2) is 55.5 Å². The molecule has 1 aliphatic heterocycles. The third kappa shape index (κ3) is 5.74. The highest BCUT2D eigenvalue weighted by molar-refractivity contribution is 7.99. The number of rotatable bonds is 7. The molecular weight excluding hydrogens is 324 g/mol. The third-order valence-corrected chi connectivity index (χ3v) is 4.79. The van der Waals surface area contributed by atoms with Crippen molar-refractivity contribution in [3.63, 3.8) is 0 Å². The Labute approximate surface area is 148 Å². The molecule has 1 aliphatic rings. The van der Waals surface area contributed by atoms with Crippen molar-refractivity contribution in [1.29, 1.82) is 0 Å². The molecule has 0 bridgehead atoms. The third-order valence-electron chi connectivity index (χ3n) is 4.25. The Morgan fingerprint density at radius 2 is 2.08 bits per heavy atom. The Balaban J connectivity index is 1.75. The minimum Gasteiger partial charge on any atom is -0.497 e. The molecule has 1 saturated heterocycles. The van der Waals surface area contributed by atoms with Gasteiger partial charge in [-0.25, -0.2) is 0 Å². The molecular formula is C18H26N2O3S. The van der Waals surface area contributed by atoms with Crippen LogP contribution in [0.15, 0.2) is 24.3 Å². The van der Waals surface area contributed by atoms with Crippen LogP contribution >= 0.6 is 11.8 Å². The summed E-state index contributed by atoms with van der Waals surface area (Å²) in [7, 11) is 1.62. The number of benzene rings is 1. The average molecular weight is 350 g/mol. The minimum absolute atomic E-state index is 0.0210. The molecule has 6 heteroatoms. The Hall–Kier alpha value is -1.69. The van der Waals surface area contributed by atoms with E-state index < -0.39 is 0 Å². The smallest absolute Gasteiger partial charge is 0.232 e. The lowest BCUT2D eigenvalue weighted by atomic mass is 9.98. The van der Waals surface area contributed by atoms with Crippen molar-refractivity contribution >= 4 is 23.6 Å². The van der Waals surface area contributed by atoms with Gasteiger partial charge in [0, 0.05) is 19.6 Å². The molecule has 1 aromatic carbocycles. The molecule has 2 rings (SSSR count). The summed E-state index contributed by atoms with van der Waals surface area (Å²) in [4.78, 5) is 26.0. The zero-order valence-corrected chi connectivity index (χ0v) is 15.2. The van der Waals surface area contributed by atoms with Crippen LogP contribution in [0.1, 0.15) is 18.4 Å². The molecule has 0 saturated carbocycles. The summed E-state index contributed by atoms with van der Waals surface area (Å²) in [5, 5.41) is 3.01. The first kappa shape index (κ1) is 18.6. The minimum atomic E-state index is 0.0210. The summed E-state index contributed by atoms with van der Waals surface area (Å²) in [5.41, 5.74) is 0.966. The van der Waals surface area contributed by atoms with Gasteiger partial charge in [-0.3, -0.25) is 9.59 Å². The highest BCUT2D eigenvalue weighted by Crippen LogP contribution is 2.17. The number of carbonyl (C=O) groups is 2. The first-order chi connectivity index (χ1) is 11.6. The molecule has 0 aliphatic carbocycles. The molecule has 0 unspecified atom stereocenters. The van der Waals surface area contributed by atoms with Gasteiger partial charge >= 0.3 is 0 Å². The van der Waals surface area contributed by atoms with Crippen molar-refractivity contribution in [3.05, 3.63) is 29.8 Å². The second-order valence-corrected chi connectivity index (χ2v) is 6.98. The number of likely N-dealkylation sites (tertiary alicyclic amines) is 1. The standard InChI is InChI=1S/C18H26N2O3S/c1-23-16-7-5-14(6-8-16)10-17(21)19-11-15-4-3-9-20(12-15)18(22)13-24-2/h5-8,15H,3-4,9-13H2,1-2H3,(H,19,21)/t15-/m0/s1. The zero-order valence-electron chi connectivity index (χ0n) is 14.4. The molecule has 132 valence electrons. The molecule has 0 radical (unpaired) electrons. The van der Waals surface area contributed by atoms with Crippen molar-refractivity contribution in [2.45, 2.75) is 19.3 Å². The SMILES string of the molecule is COc1ccc(CC(=O)NC[C@@H]2CCCN(C(=O)CSC)C2)cc1. The second-order valence-electron chi connectivity index (χ2n) is 6.11. The summed E-state index contributed by atoms with van der Waals surface area (Å²) in [5.74, 6) is 1.90. The van der Waals surface area contributed by atoms with E-state index in [0.717, 1.165) is 37.2 Å². The molecule has 0 aromatic heterocycles. The van der Waals surface area contributed by atoms with E-state index in [0.29, 0.717) is 24.6 Å². The lowest BCUT2D eigenvalue weighted by molar-refractivity contribution is -0.130. The van der Waals surface area contributed by atoms with Gasteiger partial charge in [-0.15, -0.1) is 0 Å². The highest BCUT2D eigenvalue weighted by Gasteiger charge is 2.23. The molecule has 5 nitrogen and oxygen atoms in total. The van der Waals surface area contributed by atoms with Gasteiger partial charge in [-0.05, 0) is 42.7 Å². The molecule has 1 N–H and O–H groups in total. The van der Waals surface area contributed by atoms with Crippen LogP contribution in [-0.2, 0) is 16.0 Å². The van der Waals surface area contributed by atoms with Crippen LogP contribution in [0.5, 0.6) is 5.75 Å². The number of hydrogen-bond donors (Lipinski definition) is 1. The first-order valence-corrected chi connectivity index (χ1v) is 9.68. The monoisotopic (exact) mass is 350 g/mol. The molecule has 24 heavy (non-hydrogen) atoms. The number of piperidine rings is 1. The molecule has 0 spiro atoms. The maximum absolute atomic E-state index is 12.1. The van der Waals surface area contributed by atoms with Gasteiger partial charge in [0.2, 0.25) is 11.8 Å². The quantitative estimate of drug-likeness (QED) is 0.817. The number of methoxy groups -OCH3 is 1. The summed E-state index contributed by atoms with van der Waals surface area (Å²) >= 11 is 1.56. The van der Waals surface area contributed by atoms with E-state index in [1.165, 1.54) is 0 Å². The zero-order chi connectivity index (χ0) is 17.4. The molecule has 1 heterocycles. The Kier molecular flexibility index (Phi) is 7.43. The van der Waals surface area contributed by atoms with Crippen LogP contribution in [0.2, 0.25) is 0 Å². The lowest BCUT2D eigenvalue weighted by Gasteiger charge is -2.32. The fourth-order valence-corrected chi connectivity index (χ4v) is 3.35. The average Bonchev–Trinajstić information content (AvgIpc) is 2.61. The summed E-state index contributed by atoms with van der Waals surface area (Å²) in [6.07, 6.45) is 4.38. The topological polar surface area (TPSA) is 58.6 Å². The number of hydrogen-bond acceptors (Lipinski definition) is 4. The van der Waals surface area contributed by atoms with Crippen molar-refractivity contribution in [2.24, 2.45) is 5.92 Å². The van der Waals surface area contributed by atoms with Crippen molar-refractivity contribution in [3.8, 4) is 5.75 Å². The van der Waals surface area contributed by atoms with Crippen molar-refractivity contribution in [1.82, 2.24) is 10.2 Å². The number of thioether (sulfide) groups is 1. The summed E-state index contributed by atoms with van der Waals surface area (Å²) in [6, 6.07) is 7.53.